The summed E-state index contributed by atoms with van der Waals surface area (Å²) < 4.78 is 15.1. The number of rotatable bonds is 9. The first-order valence-electron chi connectivity index (χ1n) is 11.6. The van der Waals surface area contributed by atoms with E-state index in [2.05, 4.69) is 48.0 Å². The summed E-state index contributed by atoms with van der Waals surface area (Å²) in [6, 6.07) is 6.33. The van der Waals surface area contributed by atoms with Crippen molar-refractivity contribution >= 4 is 27.7 Å². The highest BCUT2D eigenvalue weighted by molar-refractivity contribution is 9.10. The molecule has 1 aromatic carbocycles. The molecule has 0 bridgehead atoms. The Kier molecular flexibility index (Phi) is 9.47. The third-order valence-corrected chi connectivity index (χ3v) is 6.15. The molecule has 1 saturated heterocycles. The number of carbonyl (C=O) groups excluding carboxylic acids is 1. The van der Waals surface area contributed by atoms with Crippen LogP contribution in [-0.4, -0.2) is 64.9 Å². The van der Waals surface area contributed by atoms with Crippen molar-refractivity contribution in [3.8, 4) is 6.07 Å². The quantitative estimate of drug-likeness (QED) is 0.494. The molecule has 0 radical (unpaired) electrons. The number of piperazine rings is 1. The molecule has 1 aliphatic rings. The van der Waals surface area contributed by atoms with Gasteiger partial charge in [-0.3, -0.25) is 9.69 Å². The van der Waals surface area contributed by atoms with E-state index in [-0.39, 0.29) is 23.4 Å². The first kappa shape index (κ1) is 26.2. The van der Waals surface area contributed by atoms with Crippen LogP contribution in [0.2, 0.25) is 0 Å². The molecule has 3 rings (SSSR count). The molecule has 0 spiro atoms. The van der Waals surface area contributed by atoms with Crippen molar-refractivity contribution in [2.24, 2.45) is 5.92 Å². The fourth-order valence-corrected chi connectivity index (χ4v) is 4.14. The molecule has 1 fully saturated rings. The van der Waals surface area contributed by atoms with E-state index < -0.39 is 5.91 Å². The van der Waals surface area contributed by atoms with Gasteiger partial charge in [0.1, 0.15) is 11.9 Å². The number of nitrogens with one attached hydrogen (secondary N) is 1. The lowest BCUT2D eigenvalue weighted by Crippen LogP contribution is -2.46. The van der Waals surface area contributed by atoms with Gasteiger partial charge in [-0.15, -0.1) is 0 Å². The molecule has 34 heavy (non-hydrogen) atoms. The largest absolute Gasteiger partial charge is 0.301 e. The van der Waals surface area contributed by atoms with Gasteiger partial charge in [-0.1, -0.05) is 20.8 Å². The lowest BCUT2D eigenvalue weighted by molar-refractivity contribution is 0.0971. The lowest BCUT2D eigenvalue weighted by atomic mass is 10.1. The van der Waals surface area contributed by atoms with E-state index in [1.165, 1.54) is 23.3 Å². The molecule has 1 amide bonds. The van der Waals surface area contributed by atoms with Crippen LogP contribution in [0.1, 0.15) is 48.9 Å². The van der Waals surface area contributed by atoms with Gasteiger partial charge in [0.25, 0.3) is 5.91 Å². The van der Waals surface area contributed by atoms with Gasteiger partial charge in [0.2, 0.25) is 5.82 Å². The van der Waals surface area contributed by atoms with Crippen molar-refractivity contribution < 1.29 is 9.18 Å². The van der Waals surface area contributed by atoms with Gasteiger partial charge in [-0.05, 0) is 53.0 Å². The van der Waals surface area contributed by atoms with E-state index in [1.54, 1.807) is 6.07 Å². The maximum Gasteiger partial charge on any atom is 0.274 e. The minimum Gasteiger partial charge on any atom is -0.301 e. The van der Waals surface area contributed by atoms with Gasteiger partial charge in [0.05, 0.1) is 4.47 Å². The van der Waals surface area contributed by atoms with Crippen molar-refractivity contribution in [3.05, 3.63) is 51.6 Å². The Labute approximate surface area is 208 Å². The maximum absolute atomic E-state index is 14.7. The van der Waals surface area contributed by atoms with Crippen molar-refractivity contribution in [1.29, 1.82) is 5.26 Å². The second-order valence-corrected chi connectivity index (χ2v) is 9.65. The van der Waals surface area contributed by atoms with E-state index in [0.717, 1.165) is 39.1 Å². The third kappa shape index (κ3) is 6.79. The lowest BCUT2D eigenvalue weighted by Gasteiger charge is -2.34. The number of anilines is 1. The summed E-state index contributed by atoms with van der Waals surface area (Å²) in [7, 11) is 0. The van der Waals surface area contributed by atoms with Crippen molar-refractivity contribution in [1.82, 2.24) is 25.2 Å². The Morgan fingerprint density at radius 3 is 2.65 bits per heavy atom. The van der Waals surface area contributed by atoms with Crippen LogP contribution in [0.15, 0.2) is 28.9 Å². The molecule has 1 N–H and O–H groups in total. The van der Waals surface area contributed by atoms with Gasteiger partial charge in [0.15, 0.2) is 5.82 Å². The number of nitriles is 1. The molecular formula is C24H31BrFN7O. The Balaban J connectivity index is 1.84. The van der Waals surface area contributed by atoms with Gasteiger partial charge in [0, 0.05) is 56.6 Å². The number of carbonyl (C=O) groups is 1. The van der Waals surface area contributed by atoms with Crippen molar-refractivity contribution in [3.63, 3.8) is 0 Å². The van der Waals surface area contributed by atoms with Gasteiger partial charge < -0.3 is 4.90 Å². The van der Waals surface area contributed by atoms with Crippen LogP contribution in [0.3, 0.4) is 0 Å². The molecule has 8 nitrogen and oxygen atoms in total. The van der Waals surface area contributed by atoms with E-state index in [1.807, 2.05) is 19.9 Å². The average Bonchev–Trinajstić information content (AvgIpc) is 2.82. The summed E-state index contributed by atoms with van der Waals surface area (Å²) in [5, 5.41) is 10.5. The van der Waals surface area contributed by atoms with Crippen LogP contribution < -0.4 is 10.4 Å². The van der Waals surface area contributed by atoms with Gasteiger partial charge in [-0.25, -0.2) is 19.8 Å². The summed E-state index contributed by atoms with van der Waals surface area (Å²) in [6.45, 7) is 11.9. The maximum atomic E-state index is 14.7. The van der Waals surface area contributed by atoms with Gasteiger partial charge in [-0.2, -0.15) is 10.2 Å². The van der Waals surface area contributed by atoms with Crippen LogP contribution in [0.5, 0.6) is 0 Å². The predicted octanol–water partition coefficient (Wildman–Crippen LogP) is 3.58. The number of hydrazine groups is 1. The molecule has 0 atom stereocenters. The Hall–Kier alpha value is -2.45. The number of hydrogen-bond acceptors (Lipinski definition) is 7. The zero-order valence-corrected chi connectivity index (χ0v) is 21.5. The molecule has 1 aliphatic heterocycles. The number of benzene rings is 1. The van der Waals surface area contributed by atoms with E-state index in [9.17, 15) is 14.4 Å². The predicted molar refractivity (Wildman–Crippen MR) is 133 cm³/mol. The molecule has 10 heteroatoms. The molecule has 2 aromatic rings. The SMILES string of the molecule is CCCN1CCN(Cc2cc(C(=O)N(NCC(C)C)c3nc(C#N)ncc3Br)ccc2F)CC1. The second-order valence-electron chi connectivity index (χ2n) is 8.80. The first-order valence-corrected chi connectivity index (χ1v) is 12.3. The number of nitrogens with zero attached hydrogens (tertiary/aromatic N) is 6. The van der Waals surface area contributed by atoms with E-state index in [4.69, 9.17) is 0 Å². The van der Waals surface area contributed by atoms with Crippen LogP contribution in [0.4, 0.5) is 10.2 Å². The topological polar surface area (TPSA) is 88.4 Å². The number of hydrogen-bond donors (Lipinski definition) is 1. The monoisotopic (exact) mass is 531 g/mol. The van der Waals surface area contributed by atoms with Crippen molar-refractivity contribution in [2.75, 3.05) is 44.3 Å². The molecule has 0 saturated carbocycles. The number of amides is 1. The Morgan fingerprint density at radius 2 is 2.00 bits per heavy atom. The highest BCUT2D eigenvalue weighted by atomic mass is 79.9. The van der Waals surface area contributed by atoms with E-state index in [0.29, 0.717) is 28.7 Å². The number of halogens is 2. The molecular weight excluding hydrogens is 501 g/mol. The number of aromatic nitrogens is 2. The molecule has 0 aliphatic carbocycles. The van der Waals surface area contributed by atoms with E-state index >= 15 is 0 Å². The van der Waals surface area contributed by atoms with Crippen LogP contribution >= 0.6 is 15.9 Å². The Morgan fingerprint density at radius 1 is 1.29 bits per heavy atom. The zero-order valence-electron chi connectivity index (χ0n) is 19.9. The standard InChI is InChI=1S/C24H31BrFN7O/c1-4-7-31-8-10-32(11-9-31)16-19-12-18(5-6-21(19)26)24(34)33(29-14-17(2)3)23-20(25)15-28-22(13-27)30-23/h5-6,12,15,17,29H,4,7-11,14,16H2,1-3H3. The molecule has 182 valence electrons. The van der Waals surface area contributed by atoms with Crippen LogP contribution in [0, 0.1) is 23.1 Å². The molecule has 2 heterocycles. The second kappa shape index (κ2) is 12.3. The summed E-state index contributed by atoms with van der Waals surface area (Å²) in [5.74, 6) is -0.289. The highest BCUT2D eigenvalue weighted by Gasteiger charge is 2.24. The summed E-state index contributed by atoms with van der Waals surface area (Å²) in [6.07, 6.45) is 2.56. The normalized spacial score (nSPS) is 14.9. The smallest absolute Gasteiger partial charge is 0.274 e. The summed E-state index contributed by atoms with van der Waals surface area (Å²) in [4.78, 5) is 26.3. The minimum absolute atomic E-state index is 0.0515. The molecule has 0 unspecified atom stereocenters. The fraction of sp³-hybridized carbons (Fsp3) is 0.500. The average molecular weight is 532 g/mol. The first-order chi connectivity index (χ1) is 16.3. The fourth-order valence-electron chi connectivity index (χ4n) is 3.77. The van der Waals surface area contributed by atoms with Crippen LogP contribution in [0.25, 0.3) is 0 Å². The zero-order chi connectivity index (χ0) is 24.7. The Bertz CT molecular complexity index is 1030. The third-order valence-electron chi connectivity index (χ3n) is 5.59. The highest BCUT2D eigenvalue weighted by Crippen LogP contribution is 2.24. The summed E-state index contributed by atoms with van der Waals surface area (Å²) >= 11 is 3.38. The summed E-state index contributed by atoms with van der Waals surface area (Å²) in [5.41, 5.74) is 3.92. The molecule has 1 aromatic heterocycles. The van der Waals surface area contributed by atoms with Crippen molar-refractivity contribution in [2.45, 2.75) is 33.7 Å². The van der Waals surface area contributed by atoms with Crippen LogP contribution in [-0.2, 0) is 6.54 Å². The van der Waals surface area contributed by atoms with Gasteiger partial charge >= 0.3 is 0 Å². The minimum atomic E-state index is -0.391.